The van der Waals surface area contributed by atoms with E-state index in [-0.39, 0.29) is 28.7 Å². The zero-order valence-electron chi connectivity index (χ0n) is 18.6. The smallest absolute Gasteiger partial charge is 0.166 e. The van der Waals surface area contributed by atoms with Crippen LogP contribution in [0.2, 0.25) is 0 Å². The fraction of sp³-hybridized carbons (Fsp3) is 0.308. The molecule has 4 heteroatoms. The van der Waals surface area contributed by atoms with Crippen LogP contribution in [0.4, 0.5) is 13.2 Å². The summed E-state index contributed by atoms with van der Waals surface area (Å²) in [5.41, 5.74) is 0.866. The van der Waals surface area contributed by atoms with E-state index in [2.05, 4.69) is 39.5 Å². The molecule has 0 rings (SSSR count). The van der Waals surface area contributed by atoms with Gasteiger partial charge in [-0.3, -0.25) is 0 Å². The SMILES string of the molecule is C=C(/C=C\C(=C)C(=C)/C(F)=C(/F)C(=C)C)C(=C)/C=C(/F)C(=C)C(C)COC(C)CC. The molecule has 2 unspecified atom stereocenters. The van der Waals surface area contributed by atoms with Crippen molar-refractivity contribution in [3.8, 4) is 0 Å². The second-order valence-corrected chi connectivity index (χ2v) is 7.27. The normalized spacial score (nSPS) is 14.7. The quantitative estimate of drug-likeness (QED) is 0.273. The van der Waals surface area contributed by atoms with Crippen molar-refractivity contribution in [3.63, 3.8) is 0 Å². The molecule has 1 nitrogen and oxygen atoms in total. The number of allylic oxidation sites excluding steroid dienone is 11. The van der Waals surface area contributed by atoms with Gasteiger partial charge in [0.05, 0.1) is 12.7 Å². The number of hydrogen-bond acceptors (Lipinski definition) is 1. The Hall–Kier alpha value is -2.59. The number of rotatable bonds is 13. The van der Waals surface area contributed by atoms with Crippen molar-refractivity contribution in [3.05, 3.63) is 109 Å². The van der Waals surface area contributed by atoms with Crippen molar-refractivity contribution >= 4 is 0 Å². The van der Waals surface area contributed by atoms with E-state index in [9.17, 15) is 13.2 Å². The van der Waals surface area contributed by atoms with Crippen molar-refractivity contribution in [1.82, 2.24) is 0 Å². The Balaban J connectivity index is 5.08. The first-order valence-corrected chi connectivity index (χ1v) is 9.67. The molecule has 0 spiro atoms. The molecule has 0 fully saturated rings. The van der Waals surface area contributed by atoms with Crippen LogP contribution in [0.1, 0.15) is 34.1 Å². The molecule has 164 valence electrons. The lowest BCUT2D eigenvalue weighted by molar-refractivity contribution is 0.0486. The van der Waals surface area contributed by atoms with Gasteiger partial charge in [-0.2, -0.15) is 0 Å². The van der Waals surface area contributed by atoms with Gasteiger partial charge in [0.15, 0.2) is 11.7 Å². The molecule has 0 radical (unpaired) electrons. The van der Waals surface area contributed by atoms with Crippen LogP contribution in [-0.2, 0) is 4.74 Å². The van der Waals surface area contributed by atoms with Crippen LogP contribution in [0.3, 0.4) is 0 Å². The second kappa shape index (κ2) is 12.9. The minimum absolute atomic E-state index is 0.0483. The highest BCUT2D eigenvalue weighted by molar-refractivity contribution is 5.53. The van der Waals surface area contributed by atoms with Crippen molar-refractivity contribution in [2.24, 2.45) is 5.92 Å². The van der Waals surface area contributed by atoms with Gasteiger partial charge in [-0.15, -0.1) is 0 Å². The van der Waals surface area contributed by atoms with E-state index in [1.54, 1.807) is 0 Å². The maximum absolute atomic E-state index is 14.5. The van der Waals surface area contributed by atoms with Crippen LogP contribution in [-0.4, -0.2) is 12.7 Å². The number of hydrogen-bond donors (Lipinski definition) is 0. The third kappa shape index (κ3) is 8.83. The highest BCUT2D eigenvalue weighted by Gasteiger charge is 2.14. The van der Waals surface area contributed by atoms with E-state index in [1.165, 1.54) is 25.2 Å². The van der Waals surface area contributed by atoms with Crippen molar-refractivity contribution in [1.29, 1.82) is 0 Å². The molecule has 0 aromatic heterocycles. The molecule has 0 saturated carbocycles. The fourth-order valence-electron chi connectivity index (χ4n) is 1.97. The molecule has 0 aliphatic carbocycles. The van der Waals surface area contributed by atoms with E-state index in [0.29, 0.717) is 23.3 Å². The lowest BCUT2D eigenvalue weighted by atomic mass is 9.99. The molecule has 0 aliphatic heterocycles. The highest BCUT2D eigenvalue weighted by Crippen LogP contribution is 2.27. The lowest BCUT2D eigenvalue weighted by Gasteiger charge is -2.17. The van der Waals surface area contributed by atoms with E-state index < -0.39 is 17.5 Å². The minimum atomic E-state index is -1.13. The topological polar surface area (TPSA) is 9.23 Å². The first kappa shape index (κ1) is 27.4. The minimum Gasteiger partial charge on any atom is -0.378 e. The molecule has 0 N–H and O–H groups in total. The Labute approximate surface area is 179 Å². The van der Waals surface area contributed by atoms with Gasteiger partial charge in [0, 0.05) is 11.5 Å². The molecule has 0 aromatic carbocycles. The van der Waals surface area contributed by atoms with Gasteiger partial charge >= 0.3 is 0 Å². The van der Waals surface area contributed by atoms with Crippen LogP contribution in [0, 0.1) is 5.92 Å². The van der Waals surface area contributed by atoms with E-state index in [4.69, 9.17) is 4.74 Å². The van der Waals surface area contributed by atoms with Crippen molar-refractivity contribution in [2.45, 2.75) is 40.2 Å². The largest absolute Gasteiger partial charge is 0.378 e. The maximum Gasteiger partial charge on any atom is 0.166 e. The lowest BCUT2D eigenvalue weighted by Crippen LogP contribution is -2.14. The van der Waals surface area contributed by atoms with Crippen LogP contribution in [0.5, 0.6) is 0 Å². The molecule has 0 aliphatic rings. The first-order valence-electron chi connectivity index (χ1n) is 9.67. The summed E-state index contributed by atoms with van der Waals surface area (Å²) in [6.07, 6.45) is 5.08. The van der Waals surface area contributed by atoms with E-state index in [0.717, 1.165) is 6.42 Å². The van der Waals surface area contributed by atoms with Crippen LogP contribution >= 0.6 is 0 Å². The van der Waals surface area contributed by atoms with Gasteiger partial charge in [0.1, 0.15) is 5.83 Å². The molecule has 0 aromatic rings. The molecule has 0 bridgehead atoms. The van der Waals surface area contributed by atoms with Gasteiger partial charge in [-0.1, -0.05) is 65.5 Å². The highest BCUT2D eigenvalue weighted by atomic mass is 19.2. The summed E-state index contributed by atoms with van der Waals surface area (Å²) in [5.74, 6) is -2.92. The zero-order valence-corrected chi connectivity index (χ0v) is 18.6. The summed E-state index contributed by atoms with van der Waals surface area (Å²) in [6, 6.07) is 0. The van der Waals surface area contributed by atoms with E-state index >= 15 is 0 Å². The molecule has 30 heavy (non-hydrogen) atoms. The Kier molecular flexibility index (Phi) is 11.8. The molecule has 0 saturated heterocycles. The predicted molar refractivity (Wildman–Crippen MR) is 123 cm³/mol. The predicted octanol–water partition coefficient (Wildman–Crippen LogP) is 8.35. The third-order valence-electron chi connectivity index (χ3n) is 4.53. The second-order valence-electron chi connectivity index (χ2n) is 7.27. The van der Waals surface area contributed by atoms with Crippen LogP contribution in [0.25, 0.3) is 0 Å². The average molecular weight is 419 g/mol. The first-order chi connectivity index (χ1) is 13.8. The molecule has 0 heterocycles. The standard InChI is InChI=1S/C26H33F3O/c1-11-21(8)30-15-20(7)22(9)24(27)14-19(6)17(4)12-13-18(5)23(10)26(29)25(28)16(2)3/h12-14,20-21H,2,4-6,9-11,15H2,1,3,7-8H3/b13-12-,24-14+,26-25-. The van der Waals surface area contributed by atoms with Crippen LogP contribution in [0.15, 0.2) is 109 Å². The Morgan fingerprint density at radius 2 is 1.40 bits per heavy atom. The summed E-state index contributed by atoms with van der Waals surface area (Å²) in [6.45, 7) is 29.4. The Morgan fingerprint density at radius 3 is 1.90 bits per heavy atom. The summed E-state index contributed by atoms with van der Waals surface area (Å²) in [5, 5.41) is 0. The maximum atomic E-state index is 14.5. The summed E-state index contributed by atoms with van der Waals surface area (Å²) < 4.78 is 47.7. The summed E-state index contributed by atoms with van der Waals surface area (Å²) >= 11 is 0. The number of ether oxygens (including phenoxy) is 1. The summed E-state index contributed by atoms with van der Waals surface area (Å²) in [7, 11) is 0. The van der Waals surface area contributed by atoms with Crippen molar-refractivity contribution in [2.75, 3.05) is 6.61 Å². The van der Waals surface area contributed by atoms with Gasteiger partial charge in [0.2, 0.25) is 0 Å². The van der Waals surface area contributed by atoms with Gasteiger partial charge < -0.3 is 4.74 Å². The fourth-order valence-corrected chi connectivity index (χ4v) is 1.97. The molecular formula is C26H33F3O. The molecule has 2 atom stereocenters. The Morgan fingerprint density at radius 1 is 0.867 bits per heavy atom. The van der Waals surface area contributed by atoms with E-state index in [1.807, 2.05) is 20.8 Å². The third-order valence-corrected chi connectivity index (χ3v) is 4.53. The average Bonchev–Trinajstić information content (AvgIpc) is 2.72. The van der Waals surface area contributed by atoms with Crippen LogP contribution < -0.4 is 0 Å². The molecule has 0 amide bonds. The van der Waals surface area contributed by atoms with Crippen molar-refractivity contribution < 1.29 is 17.9 Å². The monoisotopic (exact) mass is 418 g/mol. The van der Waals surface area contributed by atoms with Gasteiger partial charge in [-0.05, 0) is 54.2 Å². The van der Waals surface area contributed by atoms with Gasteiger partial charge in [0.25, 0.3) is 0 Å². The summed E-state index contributed by atoms with van der Waals surface area (Å²) in [4.78, 5) is 0. The zero-order chi connectivity index (χ0) is 23.6. The molecular weight excluding hydrogens is 385 g/mol. The number of halogens is 3. The van der Waals surface area contributed by atoms with Gasteiger partial charge in [-0.25, -0.2) is 13.2 Å². The Bertz CT molecular complexity index is 821.